The Hall–Kier alpha value is -2.02. The predicted octanol–water partition coefficient (Wildman–Crippen LogP) is 2.28. The molecule has 2 heterocycles. The van der Waals surface area contributed by atoms with Crippen molar-refractivity contribution in [2.24, 2.45) is 0 Å². The fourth-order valence-corrected chi connectivity index (χ4v) is 1.31. The number of nitrogens with zero attached hydrogens (tertiary/aromatic N) is 3. The van der Waals surface area contributed by atoms with Crippen LogP contribution in [0.5, 0.6) is 0 Å². The lowest BCUT2D eigenvalue weighted by Crippen LogP contribution is -2.20. The Labute approximate surface area is 106 Å². The van der Waals surface area contributed by atoms with Crippen LogP contribution in [0.4, 0.5) is 16.4 Å². The summed E-state index contributed by atoms with van der Waals surface area (Å²) in [6.45, 7) is 0. The van der Waals surface area contributed by atoms with Crippen LogP contribution in [0.15, 0.2) is 41.4 Å². The molecule has 7 heteroatoms. The number of halogens is 1. The first kappa shape index (κ1) is 11.5. The maximum atomic E-state index is 11.5. The van der Waals surface area contributed by atoms with E-state index in [1.165, 1.54) is 18.6 Å². The van der Waals surface area contributed by atoms with Crippen molar-refractivity contribution in [3.63, 3.8) is 0 Å². The average Bonchev–Trinajstić information content (AvgIpc) is 2.33. The summed E-state index contributed by atoms with van der Waals surface area (Å²) in [5.74, 6) is 0.830. The second kappa shape index (κ2) is 5.35. The molecular formula is C10H8BrN5O. The number of nitrogens with one attached hydrogen (secondary N) is 2. The van der Waals surface area contributed by atoms with E-state index < -0.39 is 6.03 Å². The molecule has 0 fully saturated rings. The van der Waals surface area contributed by atoms with Gasteiger partial charge in [0.1, 0.15) is 5.82 Å². The first-order valence-electron chi connectivity index (χ1n) is 4.69. The minimum atomic E-state index is -0.416. The standard InChI is InChI=1S/C10H8BrN5O/c11-7-1-2-8(14-5-7)15-10(17)16-9-6-12-3-4-13-9/h1-6H,(H2,13,14,15,16,17). The van der Waals surface area contributed by atoms with Crippen LogP contribution >= 0.6 is 15.9 Å². The Balaban J connectivity index is 1.96. The molecule has 2 amide bonds. The highest BCUT2D eigenvalue weighted by Crippen LogP contribution is 2.10. The minimum Gasteiger partial charge on any atom is -0.292 e. The maximum absolute atomic E-state index is 11.5. The molecule has 2 aromatic heterocycles. The molecular weight excluding hydrogens is 286 g/mol. The summed E-state index contributed by atoms with van der Waals surface area (Å²) in [7, 11) is 0. The lowest BCUT2D eigenvalue weighted by molar-refractivity contribution is 0.262. The van der Waals surface area contributed by atoms with Crippen LogP contribution < -0.4 is 10.6 Å². The average molecular weight is 294 g/mol. The fourth-order valence-electron chi connectivity index (χ4n) is 1.08. The van der Waals surface area contributed by atoms with E-state index in [0.29, 0.717) is 11.6 Å². The van der Waals surface area contributed by atoms with Gasteiger partial charge < -0.3 is 0 Å². The number of carbonyl (C=O) groups excluding carboxylic acids is 1. The van der Waals surface area contributed by atoms with Gasteiger partial charge in [-0.1, -0.05) is 0 Å². The van der Waals surface area contributed by atoms with E-state index in [0.717, 1.165) is 4.47 Å². The van der Waals surface area contributed by atoms with Crippen molar-refractivity contribution in [2.45, 2.75) is 0 Å². The summed E-state index contributed by atoms with van der Waals surface area (Å²) in [5.41, 5.74) is 0. The van der Waals surface area contributed by atoms with Crippen LogP contribution in [0.1, 0.15) is 0 Å². The molecule has 0 spiro atoms. The van der Waals surface area contributed by atoms with Crippen LogP contribution in [-0.2, 0) is 0 Å². The molecule has 2 N–H and O–H groups in total. The molecule has 6 nitrogen and oxygen atoms in total. The number of carbonyl (C=O) groups is 1. The zero-order valence-electron chi connectivity index (χ0n) is 8.59. The van der Waals surface area contributed by atoms with Crippen molar-refractivity contribution >= 4 is 33.6 Å². The third kappa shape index (κ3) is 3.49. The molecule has 0 atom stereocenters. The highest BCUT2D eigenvalue weighted by atomic mass is 79.9. The van der Waals surface area contributed by atoms with Crippen molar-refractivity contribution in [2.75, 3.05) is 10.6 Å². The number of anilines is 2. The van der Waals surface area contributed by atoms with Crippen molar-refractivity contribution in [1.82, 2.24) is 15.0 Å². The Morgan fingerprint density at radius 1 is 1.06 bits per heavy atom. The van der Waals surface area contributed by atoms with E-state index in [1.807, 2.05) is 0 Å². The molecule has 86 valence electrons. The second-order valence-electron chi connectivity index (χ2n) is 3.03. The summed E-state index contributed by atoms with van der Waals surface area (Å²) in [6.07, 6.45) is 6.07. The Bertz CT molecular complexity index is 502. The Kier molecular flexibility index (Phi) is 3.61. The van der Waals surface area contributed by atoms with Crippen molar-refractivity contribution in [3.05, 3.63) is 41.4 Å². The summed E-state index contributed by atoms with van der Waals surface area (Å²) in [6, 6.07) is 3.05. The van der Waals surface area contributed by atoms with Gasteiger partial charge in [-0.2, -0.15) is 0 Å². The Morgan fingerprint density at radius 3 is 2.53 bits per heavy atom. The van der Waals surface area contributed by atoms with E-state index in [1.54, 1.807) is 18.3 Å². The van der Waals surface area contributed by atoms with Crippen LogP contribution in [-0.4, -0.2) is 21.0 Å². The van der Waals surface area contributed by atoms with Crippen molar-refractivity contribution in [3.8, 4) is 0 Å². The summed E-state index contributed by atoms with van der Waals surface area (Å²) >= 11 is 3.26. The van der Waals surface area contributed by atoms with E-state index in [-0.39, 0.29) is 0 Å². The smallest absolute Gasteiger partial charge is 0.292 e. The molecule has 2 rings (SSSR count). The van der Waals surface area contributed by atoms with E-state index in [2.05, 4.69) is 41.5 Å². The predicted molar refractivity (Wildman–Crippen MR) is 66.6 cm³/mol. The number of aromatic nitrogens is 3. The van der Waals surface area contributed by atoms with Crippen LogP contribution in [0, 0.1) is 0 Å². The van der Waals surface area contributed by atoms with Crippen LogP contribution in [0.25, 0.3) is 0 Å². The number of hydrogen-bond acceptors (Lipinski definition) is 4. The number of hydrogen-bond donors (Lipinski definition) is 2. The normalized spacial score (nSPS) is 9.71. The lowest BCUT2D eigenvalue weighted by Gasteiger charge is -2.05. The lowest BCUT2D eigenvalue weighted by atomic mass is 10.5. The summed E-state index contributed by atoms with van der Waals surface area (Å²) in [4.78, 5) is 23.3. The van der Waals surface area contributed by atoms with Gasteiger partial charge in [-0.25, -0.2) is 14.8 Å². The largest absolute Gasteiger partial charge is 0.326 e. The highest BCUT2D eigenvalue weighted by Gasteiger charge is 2.03. The molecule has 0 aromatic carbocycles. The number of urea groups is 1. The van der Waals surface area contributed by atoms with E-state index in [9.17, 15) is 4.79 Å². The first-order chi connectivity index (χ1) is 8.24. The second-order valence-corrected chi connectivity index (χ2v) is 3.95. The third-order valence-corrected chi connectivity index (χ3v) is 2.24. The van der Waals surface area contributed by atoms with Gasteiger partial charge in [0.2, 0.25) is 0 Å². The van der Waals surface area contributed by atoms with Crippen molar-refractivity contribution < 1.29 is 4.79 Å². The number of pyridine rings is 1. The molecule has 2 aromatic rings. The fraction of sp³-hybridized carbons (Fsp3) is 0. The van der Waals surface area contributed by atoms with Gasteiger partial charge in [0.05, 0.1) is 6.20 Å². The minimum absolute atomic E-state index is 0.377. The quantitative estimate of drug-likeness (QED) is 0.890. The Morgan fingerprint density at radius 2 is 1.88 bits per heavy atom. The monoisotopic (exact) mass is 293 g/mol. The molecule has 0 saturated heterocycles. The highest BCUT2D eigenvalue weighted by molar-refractivity contribution is 9.10. The summed E-state index contributed by atoms with van der Waals surface area (Å²) in [5, 5.41) is 5.10. The number of amides is 2. The van der Waals surface area contributed by atoms with Gasteiger partial charge in [0.15, 0.2) is 5.82 Å². The van der Waals surface area contributed by atoms with Gasteiger partial charge in [0, 0.05) is 23.1 Å². The molecule has 0 aliphatic carbocycles. The topological polar surface area (TPSA) is 79.8 Å². The van der Waals surface area contributed by atoms with E-state index in [4.69, 9.17) is 0 Å². The van der Waals surface area contributed by atoms with Crippen molar-refractivity contribution in [1.29, 1.82) is 0 Å². The zero-order chi connectivity index (χ0) is 12.1. The molecule has 0 saturated carbocycles. The molecule has 0 radical (unpaired) electrons. The van der Waals surface area contributed by atoms with Crippen LogP contribution in [0.2, 0.25) is 0 Å². The zero-order valence-corrected chi connectivity index (χ0v) is 10.2. The van der Waals surface area contributed by atoms with Crippen LogP contribution in [0.3, 0.4) is 0 Å². The molecule has 0 unspecified atom stereocenters. The van der Waals surface area contributed by atoms with Gasteiger partial charge in [-0.3, -0.25) is 15.6 Å². The first-order valence-corrected chi connectivity index (χ1v) is 5.49. The molecule has 0 aliphatic heterocycles. The maximum Gasteiger partial charge on any atom is 0.326 e. The van der Waals surface area contributed by atoms with Gasteiger partial charge in [0.25, 0.3) is 0 Å². The van der Waals surface area contributed by atoms with Gasteiger partial charge in [-0.05, 0) is 28.1 Å². The molecule has 17 heavy (non-hydrogen) atoms. The van der Waals surface area contributed by atoms with Gasteiger partial charge in [-0.15, -0.1) is 0 Å². The molecule has 0 aliphatic rings. The number of rotatable bonds is 2. The third-order valence-electron chi connectivity index (χ3n) is 1.77. The van der Waals surface area contributed by atoms with E-state index >= 15 is 0 Å². The van der Waals surface area contributed by atoms with Gasteiger partial charge >= 0.3 is 6.03 Å². The molecule has 0 bridgehead atoms. The summed E-state index contributed by atoms with van der Waals surface area (Å²) < 4.78 is 0.845. The SMILES string of the molecule is O=C(Nc1ccc(Br)cn1)Nc1cnccn1.